The number of halogens is 3. The SMILES string of the molecule is NC(COc1cccc(Cl)c1)Cc1c(F)cccc1F. The Bertz CT molecular complexity index is 572. The first-order valence-electron chi connectivity index (χ1n) is 6.13. The number of ether oxygens (including phenoxy) is 1. The summed E-state index contributed by atoms with van der Waals surface area (Å²) >= 11 is 5.82. The molecule has 20 heavy (non-hydrogen) atoms. The first-order valence-corrected chi connectivity index (χ1v) is 6.51. The topological polar surface area (TPSA) is 35.2 Å². The zero-order chi connectivity index (χ0) is 14.5. The van der Waals surface area contributed by atoms with E-state index in [1.807, 2.05) is 0 Å². The fourth-order valence-corrected chi connectivity index (χ4v) is 1.99. The van der Waals surface area contributed by atoms with Crippen molar-refractivity contribution in [1.82, 2.24) is 0 Å². The van der Waals surface area contributed by atoms with Gasteiger partial charge >= 0.3 is 0 Å². The van der Waals surface area contributed by atoms with Gasteiger partial charge in [0.1, 0.15) is 24.0 Å². The molecular weight excluding hydrogens is 284 g/mol. The molecule has 0 fully saturated rings. The third kappa shape index (κ3) is 3.92. The number of hydrogen-bond acceptors (Lipinski definition) is 2. The molecule has 2 rings (SSSR count). The lowest BCUT2D eigenvalue weighted by Gasteiger charge is -2.14. The van der Waals surface area contributed by atoms with Crippen LogP contribution >= 0.6 is 11.6 Å². The van der Waals surface area contributed by atoms with Gasteiger partial charge in [-0.15, -0.1) is 0 Å². The maximum atomic E-state index is 13.5. The predicted octanol–water partition coefficient (Wildman–Crippen LogP) is 3.57. The van der Waals surface area contributed by atoms with Crippen LogP contribution in [0.2, 0.25) is 5.02 Å². The van der Waals surface area contributed by atoms with Crippen molar-refractivity contribution in [3.63, 3.8) is 0 Å². The molecule has 2 aromatic rings. The van der Waals surface area contributed by atoms with Crippen molar-refractivity contribution in [3.8, 4) is 5.75 Å². The van der Waals surface area contributed by atoms with Crippen LogP contribution in [0, 0.1) is 11.6 Å². The lowest BCUT2D eigenvalue weighted by Crippen LogP contribution is -2.31. The zero-order valence-corrected chi connectivity index (χ0v) is 11.4. The highest BCUT2D eigenvalue weighted by atomic mass is 35.5. The smallest absolute Gasteiger partial charge is 0.129 e. The van der Waals surface area contributed by atoms with Crippen molar-refractivity contribution in [2.45, 2.75) is 12.5 Å². The highest BCUT2D eigenvalue weighted by Crippen LogP contribution is 2.18. The summed E-state index contributed by atoms with van der Waals surface area (Å²) in [6.07, 6.45) is 0.0685. The molecule has 106 valence electrons. The summed E-state index contributed by atoms with van der Waals surface area (Å²) in [5.41, 5.74) is 5.82. The van der Waals surface area contributed by atoms with Crippen LogP contribution in [0.25, 0.3) is 0 Å². The van der Waals surface area contributed by atoms with Crippen LogP contribution < -0.4 is 10.5 Å². The fourth-order valence-electron chi connectivity index (χ4n) is 1.81. The summed E-state index contributed by atoms with van der Waals surface area (Å²) in [6.45, 7) is 0.147. The number of rotatable bonds is 5. The molecule has 1 atom stereocenters. The van der Waals surface area contributed by atoms with Gasteiger partial charge in [-0.1, -0.05) is 23.7 Å². The highest BCUT2D eigenvalue weighted by Gasteiger charge is 2.13. The summed E-state index contributed by atoms with van der Waals surface area (Å²) in [5.74, 6) is -0.617. The maximum absolute atomic E-state index is 13.5. The minimum absolute atomic E-state index is 0.0188. The van der Waals surface area contributed by atoms with Gasteiger partial charge in [0, 0.05) is 16.6 Å². The standard InChI is InChI=1S/C15H14ClF2NO/c16-10-3-1-4-12(7-10)20-9-11(19)8-13-14(17)5-2-6-15(13)18/h1-7,11H,8-9,19H2. The van der Waals surface area contributed by atoms with Crippen molar-refractivity contribution < 1.29 is 13.5 Å². The molecule has 0 aromatic heterocycles. The Balaban J connectivity index is 1.94. The maximum Gasteiger partial charge on any atom is 0.129 e. The van der Waals surface area contributed by atoms with Crippen LogP contribution in [0.15, 0.2) is 42.5 Å². The molecule has 0 heterocycles. The third-order valence-corrected chi connectivity index (χ3v) is 3.02. The molecule has 0 aliphatic heterocycles. The molecule has 0 saturated carbocycles. The Kier molecular flexibility index (Phi) is 4.93. The Morgan fingerprint density at radius 2 is 1.75 bits per heavy atom. The normalized spacial score (nSPS) is 12.2. The van der Waals surface area contributed by atoms with Crippen LogP contribution in [0.1, 0.15) is 5.56 Å². The molecule has 0 amide bonds. The van der Waals surface area contributed by atoms with Crippen LogP contribution in [0.5, 0.6) is 5.75 Å². The lowest BCUT2D eigenvalue weighted by atomic mass is 10.1. The summed E-state index contributed by atoms with van der Waals surface area (Å²) in [5, 5.41) is 0.552. The van der Waals surface area contributed by atoms with Gasteiger partial charge in [-0.05, 0) is 36.8 Å². The minimum atomic E-state index is -0.594. The van der Waals surface area contributed by atoms with E-state index in [1.165, 1.54) is 18.2 Å². The number of nitrogens with two attached hydrogens (primary N) is 1. The largest absolute Gasteiger partial charge is 0.492 e. The van der Waals surface area contributed by atoms with E-state index in [2.05, 4.69) is 0 Å². The molecule has 0 spiro atoms. The summed E-state index contributed by atoms with van der Waals surface area (Å²) in [7, 11) is 0. The first kappa shape index (κ1) is 14.8. The molecule has 1 unspecified atom stereocenters. The van der Waals surface area contributed by atoms with Gasteiger partial charge in [-0.25, -0.2) is 8.78 Å². The first-order chi connectivity index (χ1) is 9.56. The Morgan fingerprint density at radius 1 is 1.10 bits per heavy atom. The van der Waals surface area contributed by atoms with Gasteiger partial charge in [0.2, 0.25) is 0 Å². The van der Waals surface area contributed by atoms with E-state index in [1.54, 1.807) is 24.3 Å². The second-order valence-corrected chi connectivity index (χ2v) is 4.87. The Labute approximate surface area is 121 Å². The van der Waals surface area contributed by atoms with E-state index in [4.69, 9.17) is 22.1 Å². The molecule has 0 bridgehead atoms. The lowest BCUT2D eigenvalue weighted by molar-refractivity contribution is 0.286. The van der Waals surface area contributed by atoms with Gasteiger partial charge in [-0.2, -0.15) is 0 Å². The monoisotopic (exact) mass is 297 g/mol. The van der Waals surface area contributed by atoms with Gasteiger partial charge in [0.25, 0.3) is 0 Å². The van der Waals surface area contributed by atoms with Crippen molar-refractivity contribution in [3.05, 3.63) is 64.7 Å². The molecule has 5 heteroatoms. The van der Waals surface area contributed by atoms with E-state index in [9.17, 15) is 8.78 Å². The van der Waals surface area contributed by atoms with Crippen LogP contribution in [0.3, 0.4) is 0 Å². The van der Waals surface area contributed by atoms with E-state index < -0.39 is 17.7 Å². The van der Waals surface area contributed by atoms with Gasteiger partial charge < -0.3 is 10.5 Å². The molecular formula is C15H14ClF2NO. The Morgan fingerprint density at radius 3 is 2.40 bits per heavy atom. The summed E-state index contributed by atoms with van der Waals surface area (Å²) in [6, 6.07) is 10.1. The van der Waals surface area contributed by atoms with Crippen LogP contribution in [-0.2, 0) is 6.42 Å². The number of benzene rings is 2. The fraction of sp³-hybridized carbons (Fsp3) is 0.200. The van der Waals surface area contributed by atoms with Gasteiger partial charge in [-0.3, -0.25) is 0 Å². The van der Waals surface area contributed by atoms with Crippen molar-refractivity contribution >= 4 is 11.6 Å². The van der Waals surface area contributed by atoms with E-state index >= 15 is 0 Å². The van der Waals surface area contributed by atoms with E-state index in [0.717, 1.165) is 0 Å². The van der Waals surface area contributed by atoms with Gasteiger partial charge in [0.05, 0.1) is 0 Å². The second-order valence-electron chi connectivity index (χ2n) is 4.43. The number of hydrogen-bond donors (Lipinski definition) is 1. The third-order valence-electron chi connectivity index (χ3n) is 2.79. The average Bonchev–Trinajstić information content (AvgIpc) is 2.41. The molecule has 0 radical (unpaired) electrons. The quantitative estimate of drug-likeness (QED) is 0.916. The van der Waals surface area contributed by atoms with Crippen LogP contribution in [0.4, 0.5) is 8.78 Å². The molecule has 2 aromatic carbocycles. The Hall–Kier alpha value is -1.65. The molecule has 2 nitrogen and oxygen atoms in total. The second kappa shape index (κ2) is 6.68. The average molecular weight is 298 g/mol. The van der Waals surface area contributed by atoms with Crippen molar-refractivity contribution in [2.24, 2.45) is 5.73 Å². The van der Waals surface area contributed by atoms with E-state index in [0.29, 0.717) is 10.8 Å². The summed E-state index contributed by atoms with van der Waals surface area (Å²) in [4.78, 5) is 0. The molecule has 2 N–H and O–H groups in total. The molecule has 0 aliphatic rings. The van der Waals surface area contributed by atoms with Gasteiger partial charge in [0.15, 0.2) is 0 Å². The zero-order valence-electron chi connectivity index (χ0n) is 10.7. The molecule has 0 saturated heterocycles. The van der Waals surface area contributed by atoms with Crippen LogP contribution in [-0.4, -0.2) is 12.6 Å². The predicted molar refractivity (Wildman–Crippen MR) is 75.0 cm³/mol. The highest BCUT2D eigenvalue weighted by molar-refractivity contribution is 6.30. The molecule has 0 aliphatic carbocycles. The van der Waals surface area contributed by atoms with Crippen molar-refractivity contribution in [2.75, 3.05) is 6.61 Å². The minimum Gasteiger partial charge on any atom is -0.492 e. The summed E-state index contributed by atoms with van der Waals surface area (Å²) < 4.78 is 32.4. The van der Waals surface area contributed by atoms with E-state index in [-0.39, 0.29) is 18.6 Å². The van der Waals surface area contributed by atoms with Crippen molar-refractivity contribution in [1.29, 1.82) is 0 Å².